The highest BCUT2D eigenvalue weighted by molar-refractivity contribution is 8.01. The minimum atomic E-state index is -0.305. The van der Waals surface area contributed by atoms with Crippen LogP contribution in [0.4, 0.5) is 0 Å². The summed E-state index contributed by atoms with van der Waals surface area (Å²) in [4.78, 5) is 22.2. The summed E-state index contributed by atoms with van der Waals surface area (Å²) in [6, 6.07) is 0. The van der Waals surface area contributed by atoms with Crippen LogP contribution < -0.4 is 0 Å². The zero-order valence-electron chi connectivity index (χ0n) is 6.36. The fourth-order valence-corrected chi connectivity index (χ4v) is 3.06. The molecule has 2 rings (SSSR count). The van der Waals surface area contributed by atoms with Gasteiger partial charge in [0.05, 0.1) is 17.9 Å². The zero-order chi connectivity index (χ0) is 8.72. The minimum Gasteiger partial charge on any atom is -0.435 e. The van der Waals surface area contributed by atoms with E-state index in [1.54, 1.807) is 11.8 Å². The van der Waals surface area contributed by atoms with E-state index < -0.39 is 0 Å². The van der Waals surface area contributed by atoms with Gasteiger partial charge in [-0.25, -0.2) is 0 Å². The van der Waals surface area contributed by atoms with E-state index in [0.717, 1.165) is 6.26 Å². The van der Waals surface area contributed by atoms with Gasteiger partial charge in [-0.15, -0.1) is 11.8 Å². The summed E-state index contributed by atoms with van der Waals surface area (Å²) in [6.07, 6.45) is 1.12. The van der Waals surface area contributed by atoms with Crippen molar-refractivity contribution in [3.05, 3.63) is 12.8 Å². The van der Waals surface area contributed by atoms with Crippen molar-refractivity contribution in [3.63, 3.8) is 0 Å². The Morgan fingerprint density at radius 3 is 3.08 bits per heavy atom. The molecule has 0 N–H and O–H groups in total. The van der Waals surface area contributed by atoms with Gasteiger partial charge in [-0.05, 0) is 0 Å². The van der Waals surface area contributed by atoms with Crippen LogP contribution in [0.5, 0.6) is 0 Å². The molecule has 1 heterocycles. The van der Waals surface area contributed by atoms with Gasteiger partial charge in [0.1, 0.15) is 5.78 Å². The van der Waals surface area contributed by atoms with Crippen molar-refractivity contribution in [2.45, 2.75) is 5.25 Å². The predicted octanol–water partition coefficient (Wildman–Crippen LogP) is 0.850. The number of esters is 1. The predicted molar refractivity (Wildman–Crippen MR) is 46.6 cm³/mol. The molecule has 0 amide bonds. The Kier molecular flexibility index (Phi) is 1.72. The Morgan fingerprint density at radius 1 is 1.83 bits per heavy atom. The second-order valence-corrected chi connectivity index (χ2v) is 4.06. The molecule has 2 aliphatic rings. The normalized spacial score (nSPS) is 37.3. The van der Waals surface area contributed by atoms with Gasteiger partial charge in [0.25, 0.3) is 0 Å². The van der Waals surface area contributed by atoms with Crippen LogP contribution in [0.2, 0.25) is 0 Å². The van der Waals surface area contributed by atoms with E-state index in [2.05, 4.69) is 11.3 Å². The van der Waals surface area contributed by atoms with Crippen LogP contribution in [0.25, 0.3) is 0 Å². The maximum Gasteiger partial charge on any atom is 0.315 e. The molecule has 0 unspecified atom stereocenters. The molecule has 1 aliphatic carbocycles. The molecule has 0 aromatic carbocycles. The van der Waals surface area contributed by atoms with E-state index in [0.29, 0.717) is 5.75 Å². The molecule has 1 saturated carbocycles. The largest absolute Gasteiger partial charge is 0.435 e. The van der Waals surface area contributed by atoms with Crippen LogP contribution in [0.15, 0.2) is 12.8 Å². The fourth-order valence-electron chi connectivity index (χ4n) is 1.59. The number of Topliss-reactive ketones (excluding diaryl/α,β-unsaturated/α-hetero) is 1. The van der Waals surface area contributed by atoms with Gasteiger partial charge in [-0.1, -0.05) is 6.58 Å². The SMILES string of the molecule is C=COC(=O)[C@H]1[C@@H]2SCC(=O)[C@@H]21.[HH]. The molecule has 0 spiro atoms. The van der Waals surface area contributed by atoms with E-state index in [4.69, 9.17) is 0 Å². The van der Waals surface area contributed by atoms with Gasteiger partial charge in [0, 0.05) is 12.6 Å². The first-order chi connectivity index (χ1) is 5.75. The van der Waals surface area contributed by atoms with Crippen molar-refractivity contribution in [1.29, 1.82) is 0 Å². The number of thioether (sulfide) groups is 1. The monoisotopic (exact) mass is 186 g/mol. The number of fused-ring (bicyclic) bond motifs is 1. The van der Waals surface area contributed by atoms with Crippen LogP contribution in [0, 0.1) is 11.8 Å². The Hall–Kier alpha value is -0.770. The lowest BCUT2D eigenvalue weighted by Gasteiger charge is -1.98. The third kappa shape index (κ3) is 0.982. The highest BCUT2D eigenvalue weighted by Crippen LogP contribution is 2.54. The third-order valence-corrected chi connectivity index (χ3v) is 3.64. The summed E-state index contributed by atoms with van der Waals surface area (Å²) >= 11 is 1.56. The number of hydrogen-bond acceptors (Lipinski definition) is 4. The number of hydrogen-bond donors (Lipinski definition) is 0. The number of ketones is 1. The molecule has 12 heavy (non-hydrogen) atoms. The van der Waals surface area contributed by atoms with Gasteiger partial charge in [0.15, 0.2) is 0 Å². The van der Waals surface area contributed by atoms with Crippen molar-refractivity contribution < 1.29 is 15.8 Å². The van der Waals surface area contributed by atoms with E-state index in [1.165, 1.54) is 0 Å². The summed E-state index contributed by atoms with van der Waals surface area (Å²) in [6.45, 7) is 3.29. The molecule has 3 atom stereocenters. The number of carbonyl (C=O) groups excluding carboxylic acids is 2. The van der Waals surface area contributed by atoms with Crippen LogP contribution >= 0.6 is 11.8 Å². The first kappa shape index (κ1) is 7.86. The lowest BCUT2D eigenvalue weighted by molar-refractivity contribution is -0.140. The van der Waals surface area contributed by atoms with Gasteiger partial charge in [-0.3, -0.25) is 9.59 Å². The zero-order valence-corrected chi connectivity index (χ0v) is 7.17. The molecule has 0 radical (unpaired) electrons. The van der Waals surface area contributed by atoms with E-state index in [1.807, 2.05) is 0 Å². The molecule has 1 saturated heterocycles. The van der Waals surface area contributed by atoms with Crippen molar-refractivity contribution >= 4 is 23.5 Å². The number of rotatable bonds is 2. The maximum atomic E-state index is 11.1. The van der Waals surface area contributed by atoms with Crippen molar-refractivity contribution in [3.8, 4) is 0 Å². The van der Waals surface area contributed by atoms with Gasteiger partial charge >= 0.3 is 5.97 Å². The summed E-state index contributed by atoms with van der Waals surface area (Å²) in [5.74, 6) is 0.209. The smallest absolute Gasteiger partial charge is 0.315 e. The van der Waals surface area contributed by atoms with Crippen LogP contribution in [0.3, 0.4) is 0 Å². The Bertz CT molecular complexity index is 266. The van der Waals surface area contributed by atoms with E-state index in [9.17, 15) is 9.59 Å². The average molecular weight is 186 g/mol. The lowest BCUT2D eigenvalue weighted by atomic mass is 10.2. The first-order valence-corrected chi connectivity index (χ1v) is 4.76. The second kappa shape index (κ2) is 2.62. The number of carbonyl (C=O) groups is 2. The molecule has 2 fully saturated rings. The van der Waals surface area contributed by atoms with E-state index >= 15 is 0 Å². The van der Waals surface area contributed by atoms with Gasteiger partial charge in [-0.2, -0.15) is 0 Å². The second-order valence-electron chi connectivity index (χ2n) is 2.90. The fraction of sp³-hybridized carbons (Fsp3) is 0.500. The quantitative estimate of drug-likeness (QED) is 0.473. The lowest BCUT2D eigenvalue weighted by Crippen LogP contribution is -2.11. The topological polar surface area (TPSA) is 43.4 Å². The summed E-state index contributed by atoms with van der Waals surface area (Å²) in [7, 11) is 0. The number of ether oxygens (including phenoxy) is 1. The van der Waals surface area contributed by atoms with Crippen LogP contribution in [-0.2, 0) is 14.3 Å². The molecule has 0 aromatic heterocycles. The van der Waals surface area contributed by atoms with Crippen molar-refractivity contribution in [1.82, 2.24) is 0 Å². The Morgan fingerprint density at radius 2 is 2.58 bits per heavy atom. The molecule has 66 valence electrons. The summed E-state index contributed by atoms with van der Waals surface area (Å²) in [5, 5.41) is 0.199. The maximum absolute atomic E-state index is 11.1. The Balaban J connectivity index is 0.000000845. The standard InChI is InChI=1S/C8H8O3S.H2/c1-2-11-8(10)6-5-4(9)3-12-7(5)6;/h2,5-7H,1,3H2;1H/t5-,6-,7-;/m1./s1. The van der Waals surface area contributed by atoms with Gasteiger partial charge < -0.3 is 4.74 Å². The molecule has 3 nitrogen and oxygen atoms in total. The minimum absolute atomic E-state index is 0. The molecule has 1 aliphatic heterocycles. The summed E-state index contributed by atoms with van der Waals surface area (Å²) in [5.41, 5.74) is 0. The molecule has 4 heteroatoms. The van der Waals surface area contributed by atoms with Gasteiger partial charge in [0.2, 0.25) is 0 Å². The third-order valence-electron chi connectivity index (χ3n) is 2.22. The molecular weight excluding hydrogens is 176 g/mol. The average Bonchev–Trinajstić information content (AvgIpc) is 2.65. The van der Waals surface area contributed by atoms with Crippen molar-refractivity contribution in [2.24, 2.45) is 11.8 Å². The highest BCUT2D eigenvalue weighted by Gasteiger charge is 2.63. The van der Waals surface area contributed by atoms with Crippen molar-refractivity contribution in [2.75, 3.05) is 5.75 Å². The van der Waals surface area contributed by atoms with E-state index in [-0.39, 0.29) is 30.3 Å². The van der Waals surface area contributed by atoms with Crippen LogP contribution in [-0.4, -0.2) is 22.8 Å². The first-order valence-electron chi connectivity index (χ1n) is 3.71. The molecular formula is C8H10O3S. The van der Waals surface area contributed by atoms with Crippen LogP contribution in [0.1, 0.15) is 1.43 Å². The Labute approximate surface area is 75.6 Å². The summed E-state index contributed by atoms with van der Waals surface area (Å²) < 4.78 is 4.61. The highest BCUT2D eigenvalue weighted by atomic mass is 32.2. The molecule has 0 bridgehead atoms. The molecule has 0 aromatic rings.